The van der Waals surface area contributed by atoms with Crippen LogP contribution in [0, 0.1) is 12.1 Å². The topological polar surface area (TPSA) is 13.1 Å². The molecule has 5 aromatic carbocycles. The van der Waals surface area contributed by atoms with Crippen molar-refractivity contribution in [1.82, 2.24) is 0 Å². The predicted octanol–water partition coefficient (Wildman–Crippen LogP) is 10.2. The molecule has 0 atom stereocenters. The van der Waals surface area contributed by atoms with Gasteiger partial charge in [0, 0.05) is 33.4 Å². The van der Waals surface area contributed by atoms with Crippen molar-refractivity contribution in [2.75, 3.05) is 0 Å². The second kappa shape index (κ2) is 10.0. The first-order valence-electron chi connectivity index (χ1n) is 13.4. The van der Waals surface area contributed by atoms with Crippen molar-refractivity contribution < 1.29 is 4.42 Å². The number of hydrogen-bond acceptors (Lipinski definition) is 1. The number of hydrogen-bond donors (Lipinski definition) is 0. The van der Waals surface area contributed by atoms with Crippen molar-refractivity contribution in [1.29, 1.82) is 0 Å². The van der Waals surface area contributed by atoms with Gasteiger partial charge in [0.05, 0.1) is 0 Å². The van der Waals surface area contributed by atoms with Crippen LogP contribution in [0.2, 0.25) is 0 Å². The fourth-order valence-electron chi connectivity index (χ4n) is 5.61. The van der Waals surface area contributed by atoms with Crippen LogP contribution in [0.4, 0.5) is 0 Å². The van der Waals surface area contributed by atoms with Gasteiger partial charge in [-0.3, -0.25) is 0 Å². The lowest BCUT2D eigenvalue weighted by atomic mass is 9.87. The van der Waals surface area contributed by atoms with Gasteiger partial charge in [-0.05, 0) is 53.3 Å². The molecule has 184 valence electrons. The molecule has 1 heterocycles. The normalized spacial score (nSPS) is 12.1. The molecule has 1 aliphatic rings. The van der Waals surface area contributed by atoms with Crippen molar-refractivity contribution in [3.63, 3.8) is 0 Å². The van der Waals surface area contributed by atoms with Gasteiger partial charge in [0.1, 0.15) is 11.5 Å². The molecule has 0 amide bonds. The van der Waals surface area contributed by atoms with E-state index in [1.165, 1.54) is 27.8 Å². The van der Waals surface area contributed by atoms with Gasteiger partial charge in [0.15, 0.2) is 0 Å². The molecule has 0 saturated heterocycles. The molecule has 0 fully saturated rings. The minimum atomic E-state index is 0.922. The van der Waals surface area contributed by atoms with Crippen LogP contribution in [0.25, 0.3) is 62.1 Å². The standard InChI is InChI=1S/C38H26O/c1-4-14-27(15-5-1)30-20-12-21-31(26-30)37-34-22-10-11-23-35(34)38(39-37)36-32(28-16-6-2-7-17-28)24-13-25-33(36)29-18-8-3-9-19-29/h1-8,10,12-18,20-22,24-26H,11,23H2. The molecule has 0 spiro atoms. The highest BCUT2D eigenvalue weighted by molar-refractivity contribution is 5.95. The summed E-state index contributed by atoms with van der Waals surface area (Å²) in [6.45, 7) is 0. The summed E-state index contributed by atoms with van der Waals surface area (Å²) >= 11 is 0. The number of furan rings is 1. The summed E-state index contributed by atoms with van der Waals surface area (Å²) < 4.78 is 6.98. The number of benzene rings is 4. The maximum Gasteiger partial charge on any atom is 0.142 e. The fourth-order valence-corrected chi connectivity index (χ4v) is 5.61. The van der Waals surface area contributed by atoms with E-state index in [0.717, 1.165) is 52.2 Å². The van der Waals surface area contributed by atoms with E-state index in [-0.39, 0.29) is 0 Å². The van der Waals surface area contributed by atoms with Gasteiger partial charge in [-0.2, -0.15) is 0 Å². The Bertz CT molecular complexity index is 1720. The van der Waals surface area contributed by atoms with E-state index in [4.69, 9.17) is 4.42 Å². The zero-order valence-electron chi connectivity index (χ0n) is 21.5. The lowest BCUT2D eigenvalue weighted by Gasteiger charge is -2.15. The van der Waals surface area contributed by atoms with Crippen LogP contribution in [0.1, 0.15) is 17.5 Å². The highest BCUT2D eigenvalue weighted by atomic mass is 16.3. The Morgan fingerprint density at radius 1 is 0.590 bits per heavy atom. The molecule has 0 bridgehead atoms. The van der Waals surface area contributed by atoms with E-state index in [0.29, 0.717) is 0 Å². The van der Waals surface area contributed by atoms with Crippen LogP contribution < -0.4 is 0 Å². The molecule has 0 saturated carbocycles. The van der Waals surface area contributed by atoms with E-state index in [9.17, 15) is 0 Å². The summed E-state index contributed by atoms with van der Waals surface area (Å²) in [7, 11) is 0. The molecule has 7 rings (SSSR count). The predicted molar refractivity (Wildman–Crippen MR) is 161 cm³/mol. The molecule has 0 N–H and O–H groups in total. The van der Waals surface area contributed by atoms with Gasteiger partial charge < -0.3 is 4.42 Å². The Morgan fingerprint density at radius 3 is 2.10 bits per heavy atom. The summed E-state index contributed by atoms with van der Waals surface area (Å²) in [5.41, 5.74) is 11.4. The van der Waals surface area contributed by atoms with Gasteiger partial charge in [-0.25, -0.2) is 0 Å². The summed E-state index contributed by atoms with van der Waals surface area (Å²) in [5, 5.41) is 0. The third-order valence-corrected chi connectivity index (χ3v) is 7.44. The third kappa shape index (κ3) is 4.27. The van der Waals surface area contributed by atoms with Gasteiger partial charge in [-0.1, -0.05) is 127 Å². The molecular weight excluding hydrogens is 472 g/mol. The first-order valence-corrected chi connectivity index (χ1v) is 13.4. The zero-order valence-corrected chi connectivity index (χ0v) is 21.5. The molecule has 1 aromatic heterocycles. The summed E-state index contributed by atoms with van der Waals surface area (Å²) in [6.07, 6.45) is 6.44. The molecule has 0 radical (unpaired) electrons. The summed E-state index contributed by atoms with van der Waals surface area (Å²) in [4.78, 5) is 0. The molecule has 0 unspecified atom stereocenters. The molecular formula is C38H26O. The SMILES string of the molecule is c1cccc(-c2cccc(-c3ccccc3)c2-c2oc(-c3cccc(-c4ccccc4)c3)c3c2CCC=C3)c#1. The number of fused-ring (bicyclic) bond motifs is 1. The Labute approximate surface area is 229 Å². The highest BCUT2D eigenvalue weighted by Crippen LogP contribution is 2.47. The van der Waals surface area contributed by atoms with Crippen LogP contribution in [0.5, 0.6) is 0 Å². The molecule has 1 heteroatoms. The van der Waals surface area contributed by atoms with E-state index < -0.39 is 0 Å². The van der Waals surface area contributed by atoms with Crippen LogP contribution in [-0.2, 0) is 6.42 Å². The first kappa shape index (κ1) is 23.1. The molecule has 0 aliphatic heterocycles. The molecule has 1 nitrogen and oxygen atoms in total. The summed E-state index contributed by atoms with van der Waals surface area (Å²) in [6, 6.07) is 48.8. The highest BCUT2D eigenvalue weighted by Gasteiger charge is 2.26. The van der Waals surface area contributed by atoms with E-state index in [1.807, 2.05) is 12.1 Å². The van der Waals surface area contributed by atoms with Crippen molar-refractivity contribution in [3.05, 3.63) is 151 Å². The van der Waals surface area contributed by atoms with Crippen molar-refractivity contribution in [2.24, 2.45) is 0 Å². The second-order valence-electron chi connectivity index (χ2n) is 9.84. The van der Waals surface area contributed by atoms with Crippen LogP contribution in [-0.4, -0.2) is 0 Å². The van der Waals surface area contributed by atoms with E-state index in [2.05, 4.69) is 133 Å². The van der Waals surface area contributed by atoms with Gasteiger partial charge >= 0.3 is 0 Å². The number of rotatable bonds is 5. The fraction of sp³-hybridized carbons (Fsp3) is 0.0526. The zero-order chi connectivity index (χ0) is 26.0. The maximum atomic E-state index is 6.98. The monoisotopic (exact) mass is 498 g/mol. The summed E-state index contributed by atoms with van der Waals surface area (Å²) in [5.74, 6) is 1.87. The Kier molecular flexibility index (Phi) is 5.93. The second-order valence-corrected chi connectivity index (χ2v) is 9.84. The van der Waals surface area contributed by atoms with Crippen molar-refractivity contribution in [2.45, 2.75) is 12.8 Å². The average molecular weight is 499 g/mol. The van der Waals surface area contributed by atoms with Crippen LogP contribution in [0.3, 0.4) is 0 Å². The first-order chi connectivity index (χ1) is 19.4. The minimum Gasteiger partial charge on any atom is -0.455 e. The van der Waals surface area contributed by atoms with E-state index in [1.54, 1.807) is 0 Å². The smallest absolute Gasteiger partial charge is 0.142 e. The lowest BCUT2D eigenvalue weighted by Crippen LogP contribution is -1.96. The lowest BCUT2D eigenvalue weighted by molar-refractivity contribution is 0.594. The van der Waals surface area contributed by atoms with Crippen LogP contribution in [0.15, 0.2) is 132 Å². The van der Waals surface area contributed by atoms with Gasteiger partial charge in [0.2, 0.25) is 0 Å². The maximum absolute atomic E-state index is 6.98. The minimum absolute atomic E-state index is 0.922. The number of allylic oxidation sites excluding steroid dienone is 1. The van der Waals surface area contributed by atoms with Crippen molar-refractivity contribution in [3.8, 4) is 56.0 Å². The molecule has 39 heavy (non-hydrogen) atoms. The quantitative estimate of drug-likeness (QED) is 0.230. The van der Waals surface area contributed by atoms with Gasteiger partial charge in [-0.15, -0.1) is 0 Å². The Hall–Kier alpha value is -5.06. The van der Waals surface area contributed by atoms with Crippen molar-refractivity contribution >= 4 is 6.08 Å². The largest absolute Gasteiger partial charge is 0.455 e. The Balaban J connectivity index is 1.48. The third-order valence-electron chi connectivity index (χ3n) is 7.44. The van der Waals surface area contributed by atoms with E-state index >= 15 is 0 Å². The average Bonchev–Trinajstić information content (AvgIpc) is 3.41. The molecule has 6 aromatic rings. The Morgan fingerprint density at radius 2 is 1.31 bits per heavy atom. The van der Waals surface area contributed by atoms with Crippen LogP contribution >= 0.6 is 0 Å². The molecule has 1 aliphatic carbocycles. The van der Waals surface area contributed by atoms with Gasteiger partial charge in [0.25, 0.3) is 0 Å².